The molecule has 2 aromatic carbocycles. The van der Waals surface area contributed by atoms with Crippen molar-refractivity contribution in [3.63, 3.8) is 0 Å². The van der Waals surface area contributed by atoms with Crippen molar-refractivity contribution < 1.29 is 4.39 Å². The van der Waals surface area contributed by atoms with Crippen molar-refractivity contribution in [1.82, 2.24) is 9.97 Å². The van der Waals surface area contributed by atoms with Crippen LogP contribution in [0.3, 0.4) is 0 Å². The summed E-state index contributed by atoms with van der Waals surface area (Å²) in [5.74, 6) is 0.835. The molecule has 0 radical (unpaired) electrons. The predicted octanol–water partition coefficient (Wildman–Crippen LogP) is 4.41. The molecule has 2 N–H and O–H groups in total. The molecule has 1 heterocycles. The number of halogens is 1. The smallest absolute Gasteiger partial charge is 0.146 e. The SMILES string of the molecule is Cc1ccc(Nc2cc(Nc3ccccc3F)ncn2)cc1. The fraction of sp³-hybridized carbons (Fsp3) is 0.0588. The first-order valence-corrected chi connectivity index (χ1v) is 6.88. The molecule has 0 unspecified atom stereocenters. The van der Waals surface area contributed by atoms with Crippen molar-refractivity contribution in [3.8, 4) is 0 Å². The molecule has 110 valence electrons. The van der Waals surface area contributed by atoms with E-state index in [1.165, 1.54) is 18.0 Å². The molecule has 0 aliphatic carbocycles. The molecule has 22 heavy (non-hydrogen) atoms. The van der Waals surface area contributed by atoms with E-state index < -0.39 is 0 Å². The van der Waals surface area contributed by atoms with E-state index >= 15 is 0 Å². The van der Waals surface area contributed by atoms with Crippen molar-refractivity contribution >= 4 is 23.0 Å². The second kappa shape index (κ2) is 6.22. The molecule has 3 rings (SSSR count). The second-order valence-corrected chi connectivity index (χ2v) is 4.88. The normalized spacial score (nSPS) is 10.3. The van der Waals surface area contributed by atoms with E-state index in [4.69, 9.17) is 0 Å². The van der Waals surface area contributed by atoms with E-state index in [-0.39, 0.29) is 5.82 Å². The van der Waals surface area contributed by atoms with Gasteiger partial charge in [-0.3, -0.25) is 0 Å². The van der Waals surface area contributed by atoms with Gasteiger partial charge in [0.1, 0.15) is 23.8 Å². The second-order valence-electron chi connectivity index (χ2n) is 4.88. The third kappa shape index (κ3) is 3.38. The lowest BCUT2D eigenvalue weighted by Crippen LogP contribution is -1.99. The summed E-state index contributed by atoms with van der Waals surface area (Å²) in [7, 11) is 0. The lowest BCUT2D eigenvalue weighted by molar-refractivity contribution is 0.632. The third-order valence-electron chi connectivity index (χ3n) is 3.13. The van der Waals surface area contributed by atoms with Crippen molar-refractivity contribution in [2.24, 2.45) is 0 Å². The predicted molar refractivity (Wildman–Crippen MR) is 86.2 cm³/mol. The summed E-state index contributed by atoms with van der Waals surface area (Å²) in [6.45, 7) is 2.03. The van der Waals surface area contributed by atoms with Crippen LogP contribution in [0.15, 0.2) is 60.9 Å². The molecule has 0 amide bonds. The number of hydrogen-bond donors (Lipinski definition) is 2. The molecule has 5 heteroatoms. The lowest BCUT2D eigenvalue weighted by atomic mass is 10.2. The number of nitrogens with zero attached hydrogens (tertiary/aromatic N) is 2. The maximum atomic E-state index is 13.6. The molecule has 4 nitrogen and oxygen atoms in total. The molecular weight excluding hydrogens is 279 g/mol. The number of nitrogens with one attached hydrogen (secondary N) is 2. The summed E-state index contributed by atoms with van der Waals surface area (Å²) >= 11 is 0. The highest BCUT2D eigenvalue weighted by Gasteiger charge is 2.03. The zero-order chi connectivity index (χ0) is 15.4. The van der Waals surface area contributed by atoms with Crippen molar-refractivity contribution in [1.29, 1.82) is 0 Å². The van der Waals surface area contributed by atoms with Crippen LogP contribution in [0.5, 0.6) is 0 Å². The van der Waals surface area contributed by atoms with Gasteiger partial charge in [-0.25, -0.2) is 14.4 Å². The maximum Gasteiger partial charge on any atom is 0.146 e. The first-order chi connectivity index (χ1) is 10.7. The van der Waals surface area contributed by atoms with Crippen LogP contribution in [-0.2, 0) is 0 Å². The zero-order valence-corrected chi connectivity index (χ0v) is 12.0. The van der Waals surface area contributed by atoms with Crippen LogP contribution in [0.4, 0.5) is 27.4 Å². The van der Waals surface area contributed by atoms with Gasteiger partial charge in [-0.05, 0) is 31.2 Å². The minimum atomic E-state index is -0.325. The van der Waals surface area contributed by atoms with Crippen LogP contribution >= 0.6 is 0 Å². The minimum absolute atomic E-state index is 0.325. The average Bonchev–Trinajstić information content (AvgIpc) is 2.52. The van der Waals surface area contributed by atoms with Gasteiger partial charge in [0.05, 0.1) is 5.69 Å². The van der Waals surface area contributed by atoms with E-state index in [0.29, 0.717) is 17.3 Å². The molecule has 1 aromatic heterocycles. The number of anilines is 4. The largest absolute Gasteiger partial charge is 0.340 e. The Kier molecular flexibility index (Phi) is 3.96. The maximum absolute atomic E-state index is 13.6. The highest BCUT2D eigenvalue weighted by molar-refractivity contribution is 5.63. The Hall–Kier alpha value is -2.95. The number of aryl methyl sites for hydroxylation is 1. The molecule has 0 spiro atoms. The fourth-order valence-electron chi connectivity index (χ4n) is 1.98. The quantitative estimate of drug-likeness (QED) is 0.748. The molecule has 0 aliphatic heterocycles. The van der Waals surface area contributed by atoms with Crippen molar-refractivity contribution in [2.45, 2.75) is 6.92 Å². The molecule has 0 atom stereocenters. The Bertz CT molecular complexity index is 772. The van der Waals surface area contributed by atoms with Crippen LogP contribution < -0.4 is 10.6 Å². The van der Waals surface area contributed by atoms with Crippen LogP contribution in [0.2, 0.25) is 0 Å². The standard InChI is InChI=1S/C17H15FN4/c1-12-6-8-13(9-7-12)21-16-10-17(20-11-19-16)22-15-5-3-2-4-14(15)18/h2-11H,1H3,(H2,19,20,21,22). The summed E-state index contributed by atoms with van der Waals surface area (Å²) in [5.41, 5.74) is 2.50. The fourth-order valence-corrected chi connectivity index (χ4v) is 1.98. The molecule has 0 saturated carbocycles. The van der Waals surface area contributed by atoms with Gasteiger partial charge in [0.15, 0.2) is 0 Å². The molecule has 0 aliphatic rings. The Balaban J connectivity index is 1.78. The van der Waals surface area contributed by atoms with E-state index in [0.717, 1.165) is 5.69 Å². The Morgan fingerprint density at radius 2 is 1.55 bits per heavy atom. The Labute approximate surface area is 128 Å². The molecule has 0 fully saturated rings. The van der Waals surface area contributed by atoms with Gasteiger partial charge in [-0.2, -0.15) is 0 Å². The highest BCUT2D eigenvalue weighted by Crippen LogP contribution is 2.21. The van der Waals surface area contributed by atoms with Gasteiger partial charge in [0.25, 0.3) is 0 Å². The molecule has 0 saturated heterocycles. The number of hydrogen-bond acceptors (Lipinski definition) is 4. The first kappa shape index (κ1) is 14.0. The Morgan fingerprint density at radius 1 is 0.864 bits per heavy atom. The Morgan fingerprint density at radius 3 is 2.27 bits per heavy atom. The average molecular weight is 294 g/mol. The highest BCUT2D eigenvalue weighted by atomic mass is 19.1. The van der Waals surface area contributed by atoms with Gasteiger partial charge in [0, 0.05) is 11.8 Å². The first-order valence-electron chi connectivity index (χ1n) is 6.88. The lowest BCUT2D eigenvalue weighted by Gasteiger charge is -2.09. The van der Waals surface area contributed by atoms with E-state index in [1.54, 1.807) is 24.3 Å². The summed E-state index contributed by atoms with van der Waals surface area (Å²) in [6.07, 6.45) is 1.43. The van der Waals surface area contributed by atoms with Crippen molar-refractivity contribution in [2.75, 3.05) is 10.6 Å². The van der Waals surface area contributed by atoms with E-state index in [2.05, 4.69) is 20.6 Å². The summed E-state index contributed by atoms with van der Waals surface area (Å²) < 4.78 is 13.6. The summed E-state index contributed by atoms with van der Waals surface area (Å²) in [5, 5.41) is 6.13. The number of para-hydroxylation sites is 1. The molecule has 0 bridgehead atoms. The molecule has 3 aromatic rings. The van der Waals surface area contributed by atoms with Crippen LogP contribution in [0.1, 0.15) is 5.56 Å². The topological polar surface area (TPSA) is 49.8 Å². The number of rotatable bonds is 4. The van der Waals surface area contributed by atoms with Crippen LogP contribution in [-0.4, -0.2) is 9.97 Å². The number of benzene rings is 2. The van der Waals surface area contributed by atoms with Crippen LogP contribution in [0.25, 0.3) is 0 Å². The monoisotopic (exact) mass is 294 g/mol. The van der Waals surface area contributed by atoms with Gasteiger partial charge in [0.2, 0.25) is 0 Å². The minimum Gasteiger partial charge on any atom is -0.340 e. The number of aromatic nitrogens is 2. The van der Waals surface area contributed by atoms with Gasteiger partial charge in [-0.15, -0.1) is 0 Å². The zero-order valence-electron chi connectivity index (χ0n) is 12.0. The molecular formula is C17H15FN4. The van der Waals surface area contributed by atoms with Gasteiger partial charge in [-0.1, -0.05) is 29.8 Å². The van der Waals surface area contributed by atoms with Crippen LogP contribution in [0, 0.1) is 12.7 Å². The summed E-state index contributed by atoms with van der Waals surface area (Å²) in [6, 6.07) is 16.2. The van der Waals surface area contributed by atoms with Crippen molar-refractivity contribution in [3.05, 3.63) is 72.3 Å². The van der Waals surface area contributed by atoms with Gasteiger partial charge < -0.3 is 10.6 Å². The van der Waals surface area contributed by atoms with Gasteiger partial charge >= 0.3 is 0 Å². The van der Waals surface area contributed by atoms with E-state index in [9.17, 15) is 4.39 Å². The third-order valence-corrected chi connectivity index (χ3v) is 3.13. The van der Waals surface area contributed by atoms with E-state index in [1.807, 2.05) is 31.2 Å². The summed E-state index contributed by atoms with van der Waals surface area (Å²) in [4.78, 5) is 8.27.